The molecular formula is C19H17FN2O3S. The van der Waals surface area contributed by atoms with Crippen molar-refractivity contribution < 1.29 is 17.5 Å². The van der Waals surface area contributed by atoms with Gasteiger partial charge in [0.25, 0.3) is 10.0 Å². The zero-order valence-corrected chi connectivity index (χ0v) is 14.8. The molecule has 7 heteroatoms. The molecule has 0 bridgehead atoms. The van der Waals surface area contributed by atoms with E-state index >= 15 is 0 Å². The van der Waals surface area contributed by atoms with E-state index in [4.69, 9.17) is 4.74 Å². The Hall–Kier alpha value is -2.93. The standard InChI is InChI=1S/C19H17FN2O3S/c1-14-2-5-17(6-3-14)26(23,24)22-18-12-16(20)4-7-19(18)25-13-15-8-10-21-11-9-15/h2-12,22H,13H2,1H3. The number of nitrogens with zero attached hydrogens (tertiary/aromatic N) is 1. The van der Waals surface area contributed by atoms with Crippen LogP contribution in [0.5, 0.6) is 5.75 Å². The Labute approximate surface area is 151 Å². The van der Waals surface area contributed by atoms with Gasteiger partial charge < -0.3 is 4.74 Å². The maximum absolute atomic E-state index is 13.6. The fourth-order valence-electron chi connectivity index (χ4n) is 2.27. The third-order valence-corrected chi connectivity index (χ3v) is 5.04. The molecule has 0 spiro atoms. The number of rotatable bonds is 6. The van der Waals surface area contributed by atoms with Crippen molar-refractivity contribution in [3.8, 4) is 5.75 Å². The maximum Gasteiger partial charge on any atom is 0.262 e. The lowest BCUT2D eigenvalue weighted by atomic mass is 10.2. The highest BCUT2D eigenvalue weighted by molar-refractivity contribution is 7.92. The lowest BCUT2D eigenvalue weighted by molar-refractivity contribution is 0.307. The van der Waals surface area contributed by atoms with Crippen LogP contribution in [0.15, 0.2) is 71.9 Å². The first kappa shape index (κ1) is 17.9. The fourth-order valence-corrected chi connectivity index (χ4v) is 3.33. The lowest BCUT2D eigenvalue weighted by Gasteiger charge is -2.14. The van der Waals surface area contributed by atoms with Crippen molar-refractivity contribution >= 4 is 15.7 Å². The minimum atomic E-state index is -3.86. The van der Waals surface area contributed by atoms with E-state index < -0.39 is 15.8 Å². The van der Waals surface area contributed by atoms with Crippen LogP contribution in [0.1, 0.15) is 11.1 Å². The van der Waals surface area contributed by atoms with Crippen LogP contribution in [0, 0.1) is 12.7 Å². The van der Waals surface area contributed by atoms with Crippen molar-refractivity contribution in [1.82, 2.24) is 4.98 Å². The van der Waals surface area contributed by atoms with Gasteiger partial charge in [-0.3, -0.25) is 9.71 Å². The van der Waals surface area contributed by atoms with Gasteiger partial charge in [0, 0.05) is 18.5 Å². The largest absolute Gasteiger partial charge is 0.487 e. The molecule has 0 aliphatic heterocycles. The second kappa shape index (κ2) is 7.53. The molecule has 0 saturated heterocycles. The van der Waals surface area contributed by atoms with E-state index in [-0.39, 0.29) is 22.9 Å². The van der Waals surface area contributed by atoms with Crippen molar-refractivity contribution in [1.29, 1.82) is 0 Å². The number of aryl methyl sites for hydroxylation is 1. The number of sulfonamides is 1. The van der Waals surface area contributed by atoms with Gasteiger partial charge in [0.15, 0.2) is 0 Å². The van der Waals surface area contributed by atoms with Crippen LogP contribution < -0.4 is 9.46 Å². The predicted molar refractivity (Wildman–Crippen MR) is 97.0 cm³/mol. The average molecular weight is 372 g/mol. The van der Waals surface area contributed by atoms with E-state index in [0.29, 0.717) is 0 Å². The van der Waals surface area contributed by atoms with Crippen LogP contribution >= 0.6 is 0 Å². The molecule has 0 fully saturated rings. The Kier molecular flexibility index (Phi) is 5.18. The number of ether oxygens (including phenoxy) is 1. The zero-order valence-electron chi connectivity index (χ0n) is 14.0. The molecule has 0 radical (unpaired) electrons. The lowest BCUT2D eigenvalue weighted by Crippen LogP contribution is -2.14. The first-order valence-corrected chi connectivity index (χ1v) is 9.33. The van der Waals surface area contributed by atoms with Gasteiger partial charge >= 0.3 is 0 Å². The van der Waals surface area contributed by atoms with Gasteiger partial charge in [-0.05, 0) is 48.9 Å². The summed E-state index contributed by atoms with van der Waals surface area (Å²) in [6.45, 7) is 2.06. The third-order valence-electron chi connectivity index (χ3n) is 3.66. The molecule has 0 atom stereocenters. The van der Waals surface area contributed by atoms with Crippen LogP contribution in [-0.4, -0.2) is 13.4 Å². The monoisotopic (exact) mass is 372 g/mol. The number of hydrogen-bond acceptors (Lipinski definition) is 4. The van der Waals surface area contributed by atoms with Gasteiger partial charge in [0.05, 0.1) is 10.6 Å². The van der Waals surface area contributed by atoms with Gasteiger partial charge in [-0.2, -0.15) is 0 Å². The maximum atomic E-state index is 13.6. The zero-order chi connectivity index (χ0) is 18.6. The highest BCUT2D eigenvalue weighted by atomic mass is 32.2. The van der Waals surface area contributed by atoms with Gasteiger partial charge in [-0.1, -0.05) is 17.7 Å². The average Bonchev–Trinajstić information content (AvgIpc) is 2.62. The Morgan fingerprint density at radius 2 is 1.73 bits per heavy atom. The van der Waals surface area contributed by atoms with Crippen LogP contribution in [-0.2, 0) is 16.6 Å². The molecule has 0 amide bonds. The highest BCUT2D eigenvalue weighted by Crippen LogP contribution is 2.28. The minimum absolute atomic E-state index is 0.0413. The smallest absolute Gasteiger partial charge is 0.262 e. The quantitative estimate of drug-likeness (QED) is 0.712. The molecule has 1 heterocycles. The van der Waals surface area contributed by atoms with Gasteiger partial charge in [-0.15, -0.1) is 0 Å². The van der Waals surface area contributed by atoms with E-state index in [9.17, 15) is 12.8 Å². The normalized spacial score (nSPS) is 11.2. The molecule has 3 rings (SSSR count). The number of pyridine rings is 1. The summed E-state index contributed by atoms with van der Waals surface area (Å²) < 4.78 is 46.8. The number of halogens is 1. The number of hydrogen-bond donors (Lipinski definition) is 1. The van der Waals surface area contributed by atoms with Crippen molar-refractivity contribution in [2.45, 2.75) is 18.4 Å². The summed E-state index contributed by atoms with van der Waals surface area (Å²) in [4.78, 5) is 4.01. The van der Waals surface area contributed by atoms with E-state index in [0.717, 1.165) is 17.2 Å². The van der Waals surface area contributed by atoms with Crippen molar-refractivity contribution in [3.63, 3.8) is 0 Å². The molecular weight excluding hydrogens is 355 g/mol. The number of benzene rings is 2. The summed E-state index contributed by atoms with van der Waals surface area (Å²) in [5.41, 5.74) is 1.84. The topological polar surface area (TPSA) is 68.3 Å². The Balaban J connectivity index is 1.84. The van der Waals surface area contributed by atoms with Crippen molar-refractivity contribution in [3.05, 3.63) is 83.9 Å². The summed E-state index contributed by atoms with van der Waals surface area (Å²) in [5.74, 6) is -0.332. The summed E-state index contributed by atoms with van der Waals surface area (Å²) >= 11 is 0. The van der Waals surface area contributed by atoms with Gasteiger partial charge in [0.1, 0.15) is 18.2 Å². The first-order chi connectivity index (χ1) is 12.4. The van der Waals surface area contributed by atoms with Crippen molar-refractivity contribution in [2.75, 3.05) is 4.72 Å². The molecule has 1 N–H and O–H groups in total. The number of nitrogens with one attached hydrogen (secondary N) is 1. The molecule has 5 nitrogen and oxygen atoms in total. The molecule has 0 saturated carbocycles. The summed E-state index contributed by atoms with van der Waals surface area (Å²) in [5, 5.41) is 0. The fraction of sp³-hybridized carbons (Fsp3) is 0.105. The Morgan fingerprint density at radius 3 is 2.42 bits per heavy atom. The first-order valence-electron chi connectivity index (χ1n) is 7.85. The predicted octanol–water partition coefficient (Wildman–Crippen LogP) is 3.91. The van der Waals surface area contributed by atoms with E-state index in [2.05, 4.69) is 9.71 Å². The molecule has 3 aromatic rings. The van der Waals surface area contributed by atoms with Crippen LogP contribution in [0.2, 0.25) is 0 Å². The number of aromatic nitrogens is 1. The van der Waals surface area contributed by atoms with Crippen molar-refractivity contribution in [2.24, 2.45) is 0 Å². The van der Waals surface area contributed by atoms with Crippen LogP contribution in [0.3, 0.4) is 0 Å². The second-order valence-corrected chi connectivity index (χ2v) is 7.39. The van der Waals surface area contributed by atoms with Crippen LogP contribution in [0.4, 0.5) is 10.1 Å². The molecule has 2 aromatic carbocycles. The second-order valence-electron chi connectivity index (χ2n) is 5.70. The van der Waals surface area contributed by atoms with Gasteiger partial charge in [0.2, 0.25) is 0 Å². The SMILES string of the molecule is Cc1ccc(S(=O)(=O)Nc2cc(F)ccc2OCc2ccncc2)cc1. The summed E-state index contributed by atoms with van der Waals surface area (Å²) in [7, 11) is -3.86. The Morgan fingerprint density at radius 1 is 1.04 bits per heavy atom. The molecule has 134 valence electrons. The van der Waals surface area contributed by atoms with E-state index in [1.54, 1.807) is 36.7 Å². The van der Waals surface area contributed by atoms with Gasteiger partial charge in [-0.25, -0.2) is 12.8 Å². The molecule has 0 unspecified atom stereocenters. The van der Waals surface area contributed by atoms with E-state index in [1.165, 1.54) is 24.3 Å². The summed E-state index contributed by atoms with van der Waals surface area (Å²) in [6.07, 6.45) is 3.26. The molecule has 26 heavy (non-hydrogen) atoms. The third kappa shape index (κ3) is 4.37. The van der Waals surface area contributed by atoms with Crippen LogP contribution in [0.25, 0.3) is 0 Å². The Bertz CT molecular complexity index is 991. The summed E-state index contributed by atoms with van der Waals surface area (Å²) in [6, 6.07) is 13.6. The highest BCUT2D eigenvalue weighted by Gasteiger charge is 2.17. The van der Waals surface area contributed by atoms with E-state index in [1.807, 2.05) is 6.92 Å². The molecule has 0 aliphatic rings. The molecule has 0 aliphatic carbocycles. The minimum Gasteiger partial charge on any atom is -0.487 e. The molecule has 1 aromatic heterocycles. The number of anilines is 1.